The molecule has 4 heteroatoms. The molecule has 3 nitrogen and oxygen atoms in total. The molecule has 21 heavy (non-hydrogen) atoms. The number of halogens is 1. The predicted octanol–water partition coefficient (Wildman–Crippen LogP) is 3.83. The van der Waals surface area contributed by atoms with Gasteiger partial charge in [0.1, 0.15) is 0 Å². The van der Waals surface area contributed by atoms with E-state index in [0.717, 1.165) is 22.3 Å². The molecule has 1 amide bonds. The van der Waals surface area contributed by atoms with E-state index in [1.165, 1.54) is 5.56 Å². The maximum absolute atomic E-state index is 12.1. The second-order valence-corrected chi connectivity index (χ2v) is 6.04. The van der Waals surface area contributed by atoms with Gasteiger partial charge in [0.25, 0.3) is 0 Å². The Balaban J connectivity index is 1.89. The first-order chi connectivity index (χ1) is 10.0. The van der Waals surface area contributed by atoms with Crippen molar-refractivity contribution >= 4 is 27.5 Å². The molecule has 0 saturated carbocycles. The van der Waals surface area contributed by atoms with Crippen molar-refractivity contribution in [2.45, 2.75) is 13.5 Å². The van der Waals surface area contributed by atoms with Crippen molar-refractivity contribution in [3.63, 3.8) is 0 Å². The van der Waals surface area contributed by atoms with Gasteiger partial charge in [0.15, 0.2) is 0 Å². The van der Waals surface area contributed by atoms with Gasteiger partial charge in [-0.05, 0) is 53.2 Å². The zero-order chi connectivity index (χ0) is 15.2. The number of rotatable bonds is 5. The van der Waals surface area contributed by atoms with Crippen molar-refractivity contribution < 1.29 is 4.79 Å². The first kappa shape index (κ1) is 15.7. The van der Waals surface area contributed by atoms with E-state index in [4.69, 9.17) is 0 Å². The van der Waals surface area contributed by atoms with Crippen molar-refractivity contribution in [1.82, 2.24) is 4.90 Å². The van der Waals surface area contributed by atoms with Crippen molar-refractivity contribution in [1.29, 1.82) is 0 Å². The fraction of sp³-hybridized carbons (Fsp3) is 0.235. The third-order valence-electron chi connectivity index (χ3n) is 3.11. The minimum absolute atomic E-state index is 0.0158. The summed E-state index contributed by atoms with van der Waals surface area (Å²) in [5.74, 6) is -0.0158. The van der Waals surface area contributed by atoms with Crippen LogP contribution in [0.1, 0.15) is 11.1 Å². The number of aryl methyl sites for hydroxylation is 1. The molecular weight excluding hydrogens is 328 g/mol. The fourth-order valence-electron chi connectivity index (χ4n) is 2.11. The number of hydrogen-bond acceptors (Lipinski definition) is 2. The first-order valence-corrected chi connectivity index (χ1v) is 7.62. The van der Waals surface area contributed by atoms with E-state index < -0.39 is 0 Å². The number of carbonyl (C=O) groups is 1. The average Bonchev–Trinajstić information content (AvgIpc) is 2.43. The van der Waals surface area contributed by atoms with Gasteiger partial charge in [0.05, 0.1) is 12.2 Å². The Labute approximate surface area is 134 Å². The number of amides is 1. The van der Waals surface area contributed by atoms with Gasteiger partial charge in [-0.25, -0.2) is 0 Å². The molecule has 0 atom stereocenters. The van der Waals surface area contributed by atoms with Crippen LogP contribution in [0.5, 0.6) is 0 Å². The minimum atomic E-state index is -0.0158. The van der Waals surface area contributed by atoms with E-state index in [9.17, 15) is 4.79 Å². The maximum atomic E-state index is 12.1. The minimum Gasteiger partial charge on any atom is -0.324 e. The Bertz CT molecular complexity index is 613. The number of carbonyl (C=O) groups excluding carboxylic acids is 1. The molecule has 0 fully saturated rings. The highest BCUT2D eigenvalue weighted by atomic mass is 79.9. The summed E-state index contributed by atoms with van der Waals surface area (Å²) in [7, 11) is 1.94. The van der Waals surface area contributed by atoms with Crippen molar-refractivity contribution in [2.75, 3.05) is 18.9 Å². The van der Waals surface area contributed by atoms with Gasteiger partial charge < -0.3 is 5.32 Å². The third kappa shape index (κ3) is 4.99. The summed E-state index contributed by atoms with van der Waals surface area (Å²) in [4.78, 5) is 14.1. The first-order valence-electron chi connectivity index (χ1n) is 6.83. The van der Waals surface area contributed by atoms with Gasteiger partial charge in [-0.2, -0.15) is 0 Å². The Morgan fingerprint density at radius 2 is 1.90 bits per heavy atom. The summed E-state index contributed by atoms with van der Waals surface area (Å²) >= 11 is 3.47. The highest BCUT2D eigenvalue weighted by Gasteiger charge is 2.09. The lowest BCUT2D eigenvalue weighted by Gasteiger charge is -2.16. The van der Waals surface area contributed by atoms with E-state index in [1.807, 2.05) is 55.3 Å². The predicted molar refractivity (Wildman–Crippen MR) is 90.3 cm³/mol. The standard InChI is InChI=1S/C17H19BrN2O/c1-13-8-9-16(15(18)10-13)19-17(21)12-20(2)11-14-6-4-3-5-7-14/h3-10H,11-12H2,1-2H3,(H,19,21). The molecule has 0 aliphatic rings. The monoisotopic (exact) mass is 346 g/mol. The number of anilines is 1. The van der Waals surface area contributed by atoms with Gasteiger partial charge in [0.2, 0.25) is 5.91 Å². The topological polar surface area (TPSA) is 32.3 Å². The van der Waals surface area contributed by atoms with E-state index in [0.29, 0.717) is 6.54 Å². The summed E-state index contributed by atoms with van der Waals surface area (Å²) in [6, 6.07) is 16.0. The SMILES string of the molecule is Cc1ccc(NC(=O)CN(C)Cc2ccccc2)c(Br)c1. The summed E-state index contributed by atoms with van der Waals surface area (Å²) in [6.45, 7) is 3.13. The molecule has 0 radical (unpaired) electrons. The lowest BCUT2D eigenvalue weighted by atomic mass is 10.2. The smallest absolute Gasteiger partial charge is 0.238 e. The Morgan fingerprint density at radius 1 is 1.19 bits per heavy atom. The molecular formula is C17H19BrN2O. The van der Waals surface area contributed by atoms with Gasteiger partial charge >= 0.3 is 0 Å². The van der Waals surface area contributed by atoms with Crippen LogP contribution in [0, 0.1) is 6.92 Å². The Hall–Kier alpha value is -1.65. The molecule has 2 aromatic rings. The summed E-state index contributed by atoms with van der Waals surface area (Å²) in [5, 5.41) is 2.93. The number of likely N-dealkylation sites (N-methyl/N-ethyl adjacent to an activating group) is 1. The van der Waals surface area contributed by atoms with Crippen LogP contribution in [-0.2, 0) is 11.3 Å². The van der Waals surface area contributed by atoms with Crippen LogP contribution in [0.15, 0.2) is 53.0 Å². The zero-order valence-corrected chi connectivity index (χ0v) is 13.9. The van der Waals surface area contributed by atoms with Crippen LogP contribution in [-0.4, -0.2) is 24.4 Å². The van der Waals surface area contributed by atoms with Crippen molar-refractivity contribution in [3.05, 3.63) is 64.1 Å². The second kappa shape index (κ2) is 7.38. The van der Waals surface area contributed by atoms with E-state index in [-0.39, 0.29) is 5.91 Å². The number of nitrogens with one attached hydrogen (secondary N) is 1. The third-order valence-corrected chi connectivity index (χ3v) is 3.76. The van der Waals surface area contributed by atoms with Gasteiger partial charge in [-0.3, -0.25) is 9.69 Å². The average molecular weight is 347 g/mol. The normalized spacial score (nSPS) is 10.7. The largest absolute Gasteiger partial charge is 0.324 e. The summed E-state index contributed by atoms with van der Waals surface area (Å²) in [6.07, 6.45) is 0. The zero-order valence-electron chi connectivity index (χ0n) is 12.3. The van der Waals surface area contributed by atoms with E-state index in [2.05, 4.69) is 33.4 Å². The lowest BCUT2D eigenvalue weighted by Crippen LogP contribution is -2.29. The molecule has 2 aromatic carbocycles. The van der Waals surface area contributed by atoms with Gasteiger partial charge in [0, 0.05) is 11.0 Å². The van der Waals surface area contributed by atoms with Crippen LogP contribution in [0.2, 0.25) is 0 Å². The molecule has 0 spiro atoms. The van der Waals surface area contributed by atoms with Crippen molar-refractivity contribution in [2.24, 2.45) is 0 Å². The van der Waals surface area contributed by atoms with Crippen LogP contribution in [0.25, 0.3) is 0 Å². The quantitative estimate of drug-likeness (QED) is 0.892. The Morgan fingerprint density at radius 3 is 2.57 bits per heavy atom. The molecule has 2 rings (SSSR count). The maximum Gasteiger partial charge on any atom is 0.238 e. The van der Waals surface area contributed by atoms with Crippen LogP contribution >= 0.6 is 15.9 Å². The molecule has 0 aromatic heterocycles. The van der Waals surface area contributed by atoms with E-state index >= 15 is 0 Å². The number of hydrogen-bond donors (Lipinski definition) is 1. The van der Waals surface area contributed by atoms with Crippen LogP contribution < -0.4 is 5.32 Å². The second-order valence-electron chi connectivity index (χ2n) is 5.19. The van der Waals surface area contributed by atoms with Crippen LogP contribution in [0.3, 0.4) is 0 Å². The molecule has 0 unspecified atom stereocenters. The number of benzene rings is 2. The molecule has 0 aliphatic heterocycles. The highest BCUT2D eigenvalue weighted by Crippen LogP contribution is 2.23. The molecule has 0 aliphatic carbocycles. The molecule has 0 heterocycles. The van der Waals surface area contributed by atoms with Gasteiger partial charge in [-0.15, -0.1) is 0 Å². The highest BCUT2D eigenvalue weighted by molar-refractivity contribution is 9.10. The Kier molecular flexibility index (Phi) is 5.53. The molecule has 0 bridgehead atoms. The number of nitrogens with zero attached hydrogens (tertiary/aromatic N) is 1. The molecule has 0 saturated heterocycles. The molecule has 110 valence electrons. The van der Waals surface area contributed by atoms with Gasteiger partial charge in [-0.1, -0.05) is 36.4 Å². The molecule has 1 N–H and O–H groups in total. The van der Waals surface area contributed by atoms with Crippen molar-refractivity contribution in [3.8, 4) is 0 Å². The summed E-state index contributed by atoms with van der Waals surface area (Å²) in [5.41, 5.74) is 3.16. The van der Waals surface area contributed by atoms with E-state index in [1.54, 1.807) is 0 Å². The fourth-order valence-corrected chi connectivity index (χ4v) is 2.70. The lowest BCUT2D eigenvalue weighted by molar-refractivity contribution is -0.117. The summed E-state index contributed by atoms with van der Waals surface area (Å²) < 4.78 is 0.904. The van der Waals surface area contributed by atoms with Crippen LogP contribution in [0.4, 0.5) is 5.69 Å².